The van der Waals surface area contributed by atoms with E-state index in [4.69, 9.17) is 14.9 Å². The summed E-state index contributed by atoms with van der Waals surface area (Å²) in [7, 11) is 0. The summed E-state index contributed by atoms with van der Waals surface area (Å²) in [6.45, 7) is 6.57. The molecular weight excluding hydrogens is 456 g/mol. The lowest BCUT2D eigenvalue weighted by molar-refractivity contribution is 0.278. The molecule has 10 heteroatoms. The molecule has 0 aliphatic carbocycles. The van der Waals surface area contributed by atoms with Gasteiger partial charge in [-0.2, -0.15) is 0 Å². The van der Waals surface area contributed by atoms with E-state index in [-0.39, 0.29) is 5.54 Å². The highest BCUT2D eigenvalue weighted by atomic mass is 16.5. The number of aromatic amines is 1. The van der Waals surface area contributed by atoms with Gasteiger partial charge in [0.1, 0.15) is 42.1 Å². The fourth-order valence-corrected chi connectivity index (χ4v) is 3.75. The third-order valence-corrected chi connectivity index (χ3v) is 5.48. The van der Waals surface area contributed by atoms with E-state index in [2.05, 4.69) is 35.6 Å². The monoisotopic (exact) mass is 482 g/mol. The number of nitrogens with one attached hydrogen (secondary N) is 4. The van der Waals surface area contributed by atoms with E-state index in [9.17, 15) is 0 Å². The van der Waals surface area contributed by atoms with Crippen LogP contribution in [0.1, 0.15) is 19.4 Å². The Bertz CT molecular complexity index is 1540. The van der Waals surface area contributed by atoms with Crippen LogP contribution in [-0.4, -0.2) is 39.5 Å². The number of hydrogen-bond donors (Lipinski definition) is 4. The first-order valence-electron chi connectivity index (χ1n) is 11.4. The maximum atomic E-state index is 7.13. The van der Waals surface area contributed by atoms with Crippen molar-refractivity contribution in [3.63, 3.8) is 0 Å². The fraction of sp³-hybridized carbons (Fsp3) is 0.192. The Morgan fingerprint density at radius 2 is 1.92 bits per heavy atom. The van der Waals surface area contributed by atoms with Gasteiger partial charge in [0.15, 0.2) is 0 Å². The summed E-state index contributed by atoms with van der Waals surface area (Å²) in [5.74, 6) is 2.02. The lowest BCUT2D eigenvalue weighted by Gasteiger charge is -2.13. The van der Waals surface area contributed by atoms with Crippen molar-refractivity contribution in [3.8, 4) is 11.5 Å². The van der Waals surface area contributed by atoms with Gasteiger partial charge in [-0.3, -0.25) is 5.41 Å². The molecule has 0 fully saturated rings. The van der Waals surface area contributed by atoms with Crippen LogP contribution < -0.4 is 20.9 Å². The Kier molecular flexibility index (Phi) is 6.07. The summed E-state index contributed by atoms with van der Waals surface area (Å²) in [4.78, 5) is 20.3. The molecule has 182 valence electrons. The van der Waals surface area contributed by atoms with E-state index in [1.54, 1.807) is 18.3 Å². The number of nitrogens with zero attached hydrogens (tertiary/aromatic N) is 4. The minimum Gasteiger partial charge on any atom is -0.462 e. The molecule has 0 amide bonds. The molecule has 0 bridgehead atoms. The van der Waals surface area contributed by atoms with Gasteiger partial charge in [0.05, 0.1) is 11.1 Å². The van der Waals surface area contributed by atoms with Gasteiger partial charge in [0.2, 0.25) is 0 Å². The van der Waals surface area contributed by atoms with Crippen molar-refractivity contribution in [2.24, 2.45) is 9.98 Å². The summed E-state index contributed by atoms with van der Waals surface area (Å²) in [5, 5.41) is 14.6. The number of pyridine rings is 1. The second-order valence-electron chi connectivity index (χ2n) is 8.97. The largest absolute Gasteiger partial charge is 0.462 e. The first-order chi connectivity index (χ1) is 17.4. The molecule has 5 rings (SSSR count). The minimum atomic E-state index is -0.236. The molecule has 2 aromatic heterocycles. The third-order valence-electron chi connectivity index (χ3n) is 5.48. The number of hydrogen-bond acceptors (Lipinski definition) is 8. The van der Waals surface area contributed by atoms with E-state index in [0.717, 1.165) is 34.2 Å². The Morgan fingerprint density at radius 3 is 2.69 bits per heavy atom. The molecule has 0 radical (unpaired) electrons. The maximum Gasteiger partial charge on any atom is 0.289 e. The summed E-state index contributed by atoms with van der Waals surface area (Å²) in [5.41, 5.74) is 3.77. The topological polar surface area (TPSA) is 133 Å². The van der Waals surface area contributed by atoms with Gasteiger partial charge in [-0.1, -0.05) is 0 Å². The average molecular weight is 483 g/mol. The van der Waals surface area contributed by atoms with Gasteiger partial charge in [-0.25, -0.2) is 20.0 Å². The molecule has 4 aromatic rings. The van der Waals surface area contributed by atoms with Crippen molar-refractivity contribution in [2.45, 2.75) is 26.3 Å². The van der Waals surface area contributed by atoms with Crippen LogP contribution in [0.5, 0.6) is 11.5 Å². The van der Waals surface area contributed by atoms with Crippen LogP contribution in [0.15, 0.2) is 71.0 Å². The first-order valence-corrected chi connectivity index (χ1v) is 11.4. The molecule has 0 saturated carbocycles. The zero-order chi connectivity index (χ0) is 25.1. The predicted octanol–water partition coefficient (Wildman–Crippen LogP) is 4.89. The van der Waals surface area contributed by atoms with Crippen LogP contribution in [-0.2, 0) is 4.74 Å². The second kappa shape index (κ2) is 9.49. The van der Waals surface area contributed by atoms with Gasteiger partial charge < -0.3 is 25.1 Å². The Hall–Kier alpha value is -4.73. The van der Waals surface area contributed by atoms with Crippen LogP contribution in [0.2, 0.25) is 0 Å². The van der Waals surface area contributed by atoms with Crippen molar-refractivity contribution in [3.05, 3.63) is 72.1 Å². The Balaban J connectivity index is 1.37. The number of aryl methyl sites for hydroxylation is 1. The van der Waals surface area contributed by atoms with Gasteiger partial charge in [0.25, 0.3) is 6.02 Å². The number of anilines is 3. The molecule has 1 aliphatic heterocycles. The number of aromatic nitrogens is 3. The Morgan fingerprint density at radius 1 is 1.08 bits per heavy atom. The minimum absolute atomic E-state index is 0.236. The summed E-state index contributed by atoms with van der Waals surface area (Å²) in [6.07, 6.45) is 4.24. The summed E-state index contributed by atoms with van der Waals surface area (Å²) < 4.78 is 11.7. The highest BCUT2D eigenvalue weighted by Gasteiger charge is 2.26. The fourth-order valence-electron chi connectivity index (χ4n) is 3.75. The second-order valence-corrected chi connectivity index (χ2v) is 8.97. The van der Waals surface area contributed by atoms with Crippen molar-refractivity contribution >= 4 is 40.5 Å². The van der Waals surface area contributed by atoms with E-state index in [1.807, 2.05) is 57.2 Å². The summed E-state index contributed by atoms with van der Waals surface area (Å²) in [6, 6.07) is 15.7. The van der Waals surface area contributed by atoms with Crippen LogP contribution in [0, 0.1) is 12.3 Å². The molecule has 0 unspecified atom stereocenters. The molecule has 36 heavy (non-hydrogen) atoms. The molecule has 0 spiro atoms. The number of benzene rings is 2. The molecule has 4 N–H and O–H groups in total. The van der Waals surface area contributed by atoms with E-state index in [0.29, 0.717) is 35.4 Å². The number of rotatable bonds is 6. The lowest BCUT2D eigenvalue weighted by atomic mass is 10.1. The van der Waals surface area contributed by atoms with E-state index >= 15 is 0 Å². The van der Waals surface area contributed by atoms with Crippen LogP contribution in [0.4, 0.5) is 17.2 Å². The van der Waals surface area contributed by atoms with Gasteiger partial charge in [-0.05, 0) is 68.8 Å². The van der Waals surface area contributed by atoms with E-state index < -0.39 is 0 Å². The lowest BCUT2D eigenvalue weighted by Crippen LogP contribution is -2.17. The van der Waals surface area contributed by atoms with Gasteiger partial charge in [0, 0.05) is 29.0 Å². The molecule has 3 heterocycles. The van der Waals surface area contributed by atoms with Gasteiger partial charge in [-0.15, -0.1) is 0 Å². The molecule has 2 aromatic carbocycles. The number of H-pyrrole nitrogens is 1. The number of aliphatic imine (C=N–C) groups is 1. The third kappa shape index (κ3) is 5.17. The molecule has 0 saturated heterocycles. The van der Waals surface area contributed by atoms with Crippen molar-refractivity contribution in [2.75, 3.05) is 17.2 Å². The molecule has 1 aliphatic rings. The van der Waals surface area contributed by atoms with Crippen molar-refractivity contribution in [1.29, 1.82) is 5.41 Å². The van der Waals surface area contributed by atoms with Crippen LogP contribution in [0.25, 0.3) is 10.9 Å². The number of amidine groups is 1. The van der Waals surface area contributed by atoms with Crippen LogP contribution >= 0.6 is 0 Å². The smallest absolute Gasteiger partial charge is 0.289 e. The predicted molar refractivity (Wildman–Crippen MR) is 140 cm³/mol. The number of ether oxygens (including phenoxy) is 2. The molecular formula is C26H26N8O2. The highest BCUT2D eigenvalue weighted by Crippen LogP contribution is 2.30. The highest BCUT2D eigenvalue weighted by molar-refractivity contribution is 5.97. The Labute approximate surface area is 207 Å². The zero-order valence-electron chi connectivity index (χ0n) is 20.2. The number of fused-ring (bicyclic) bond motifs is 1. The maximum absolute atomic E-state index is 7.13. The van der Waals surface area contributed by atoms with E-state index in [1.165, 1.54) is 6.33 Å². The van der Waals surface area contributed by atoms with Crippen LogP contribution in [0.3, 0.4) is 0 Å². The zero-order valence-corrected chi connectivity index (χ0v) is 20.2. The SMILES string of the molecule is Cc1cc(Nc2ncnc3ccc(NC4=NC(C)(C)CO4)cc23)ccc1Oc1cc[nH]/c(=N\C=N)c1. The summed E-state index contributed by atoms with van der Waals surface area (Å²) >= 11 is 0. The standard InChI is InChI=1S/C26H26N8O2/c1-16-10-17(5-7-22(16)36-19-8-9-28-23(12-19)29-14-27)32-24-20-11-18(4-6-21(20)30-15-31-24)33-25-34-26(2,3)13-35-25/h4-12,14-15H,13H2,1-3H3,(H,33,34)(H2,27,28,29)(H,30,31,32). The molecule has 0 atom stereocenters. The van der Waals surface area contributed by atoms with Crippen molar-refractivity contribution in [1.82, 2.24) is 15.0 Å². The normalized spacial score (nSPS) is 14.8. The molecule has 10 nitrogen and oxygen atoms in total. The van der Waals surface area contributed by atoms with Crippen molar-refractivity contribution < 1.29 is 9.47 Å². The quantitative estimate of drug-likeness (QED) is 0.229. The van der Waals surface area contributed by atoms with Gasteiger partial charge >= 0.3 is 0 Å². The first kappa shape index (κ1) is 23.0. The average Bonchev–Trinajstić information content (AvgIpc) is 3.19.